The molecule has 2 aliphatic rings. The van der Waals surface area contributed by atoms with E-state index in [-0.39, 0.29) is 18.1 Å². The van der Waals surface area contributed by atoms with E-state index in [2.05, 4.69) is 10.2 Å². The van der Waals surface area contributed by atoms with Gasteiger partial charge in [-0.25, -0.2) is 0 Å². The van der Waals surface area contributed by atoms with Crippen molar-refractivity contribution >= 4 is 5.91 Å². The van der Waals surface area contributed by atoms with E-state index in [0.29, 0.717) is 13.2 Å². The number of carbonyl (C=O) groups is 1. The van der Waals surface area contributed by atoms with Crippen LogP contribution in [0.4, 0.5) is 0 Å². The zero-order valence-corrected chi connectivity index (χ0v) is 13.1. The number of likely N-dealkylation sites (tertiary alicyclic amines) is 1. The predicted molar refractivity (Wildman–Crippen MR) is 84.2 cm³/mol. The smallest absolute Gasteiger partial charge is 0.237 e. The summed E-state index contributed by atoms with van der Waals surface area (Å²) in [6.07, 6.45) is 3.52. The largest absolute Gasteiger partial charge is 0.486 e. The number of hydrogen-bond acceptors (Lipinski definition) is 4. The zero-order chi connectivity index (χ0) is 15.4. The molecule has 1 aromatic carbocycles. The molecule has 1 fully saturated rings. The molecule has 1 amide bonds. The molecule has 5 heteroatoms. The van der Waals surface area contributed by atoms with Gasteiger partial charge in [0.15, 0.2) is 11.5 Å². The standard InChI is InChI=1S/C17H24N2O3/c1-13(19-9-5-2-6-10-19)17(20)18-11-14-12-21-15-7-3-4-8-16(15)22-14/h3-4,7-8,13-14H,2,5-6,9-12H2,1H3,(H,18,20)/t13-,14+/m1/s1. The number of nitrogens with zero attached hydrogens (tertiary/aromatic N) is 1. The molecule has 0 aromatic heterocycles. The zero-order valence-electron chi connectivity index (χ0n) is 13.1. The van der Waals surface area contributed by atoms with Gasteiger partial charge in [0.2, 0.25) is 5.91 Å². The first-order valence-electron chi connectivity index (χ1n) is 8.14. The number of ether oxygens (including phenoxy) is 2. The third-order valence-electron chi connectivity index (χ3n) is 4.39. The molecule has 0 radical (unpaired) electrons. The summed E-state index contributed by atoms with van der Waals surface area (Å²) in [4.78, 5) is 14.5. The molecule has 5 nitrogen and oxygen atoms in total. The first kappa shape index (κ1) is 15.2. The van der Waals surface area contributed by atoms with Crippen molar-refractivity contribution in [2.24, 2.45) is 0 Å². The highest BCUT2D eigenvalue weighted by atomic mass is 16.6. The van der Waals surface area contributed by atoms with Gasteiger partial charge in [-0.15, -0.1) is 0 Å². The van der Waals surface area contributed by atoms with Gasteiger partial charge in [-0.1, -0.05) is 18.6 Å². The lowest BCUT2D eigenvalue weighted by Gasteiger charge is -2.32. The van der Waals surface area contributed by atoms with Crippen molar-refractivity contribution in [3.8, 4) is 11.5 Å². The van der Waals surface area contributed by atoms with E-state index in [4.69, 9.17) is 9.47 Å². The van der Waals surface area contributed by atoms with Crippen LogP contribution in [-0.2, 0) is 4.79 Å². The average Bonchev–Trinajstić information content (AvgIpc) is 2.59. The van der Waals surface area contributed by atoms with Crippen LogP contribution in [0.15, 0.2) is 24.3 Å². The Morgan fingerprint density at radius 2 is 2.00 bits per heavy atom. The fourth-order valence-electron chi connectivity index (χ4n) is 3.00. The monoisotopic (exact) mass is 304 g/mol. The molecule has 1 saturated heterocycles. The Kier molecular flexibility index (Phi) is 4.83. The minimum absolute atomic E-state index is 0.0721. The lowest BCUT2D eigenvalue weighted by atomic mass is 10.1. The number of para-hydroxylation sites is 2. The maximum Gasteiger partial charge on any atom is 0.237 e. The Hall–Kier alpha value is -1.75. The normalized spacial score (nSPS) is 22.9. The van der Waals surface area contributed by atoms with Crippen LogP contribution in [-0.4, -0.2) is 49.2 Å². The fraction of sp³-hybridized carbons (Fsp3) is 0.588. The van der Waals surface area contributed by atoms with Gasteiger partial charge in [-0.2, -0.15) is 0 Å². The van der Waals surface area contributed by atoms with Crippen LogP contribution in [0, 0.1) is 0 Å². The summed E-state index contributed by atoms with van der Waals surface area (Å²) < 4.78 is 11.5. The number of benzene rings is 1. The van der Waals surface area contributed by atoms with Crippen molar-refractivity contribution in [3.05, 3.63) is 24.3 Å². The van der Waals surface area contributed by atoms with Crippen LogP contribution in [0.3, 0.4) is 0 Å². The highest BCUT2D eigenvalue weighted by molar-refractivity contribution is 5.81. The summed E-state index contributed by atoms with van der Waals surface area (Å²) in [5, 5.41) is 2.99. The van der Waals surface area contributed by atoms with E-state index in [1.165, 1.54) is 19.3 Å². The van der Waals surface area contributed by atoms with Gasteiger partial charge in [0, 0.05) is 0 Å². The van der Waals surface area contributed by atoms with Crippen LogP contribution < -0.4 is 14.8 Å². The molecule has 0 bridgehead atoms. The van der Waals surface area contributed by atoms with Gasteiger partial charge in [-0.3, -0.25) is 9.69 Å². The second-order valence-electron chi connectivity index (χ2n) is 6.02. The van der Waals surface area contributed by atoms with Crippen LogP contribution in [0.25, 0.3) is 0 Å². The molecule has 3 rings (SSSR count). The molecule has 0 unspecified atom stereocenters. The van der Waals surface area contributed by atoms with E-state index < -0.39 is 0 Å². The Balaban J connectivity index is 1.47. The van der Waals surface area contributed by atoms with E-state index >= 15 is 0 Å². The van der Waals surface area contributed by atoms with Gasteiger partial charge in [0.05, 0.1) is 12.6 Å². The molecular weight excluding hydrogens is 280 g/mol. The first-order chi connectivity index (χ1) is 10.7. The van der Waals surface area contributed by atoms with Crippen molar-refractivity contribution in [1.29, 1.82) is 0 Å². The summed E-state index contributed by atoms with van der Waals surface area (Å²) >= 11 is 0. The highest BCUT2D eigenvalue weighted by Crippen LogP contribution is 2.30. The van der Waals surface area contributed by atoms with E-state index in [1.54, 1.807) is 0 Å². The molecule has 0 aliphatic carbocycles. The van der Waals surface area contributed by atoms with Crippen molar-refractivity contribution in [1.82, 2.24) is 10.2 Å². The van der Waals surface area contributed by atoms with E-state index in [0.717, 1.165) is 24.6 Å². The molecule has 2 atom stereocenters. The minimum atomic E-state index is -0.132. The molecule has 2 aliphatic heterocycles. The summed E-state index contributed by atoms with van der Waals surface area (Å²) in [6.45, 7) is 4.96. The second kappa shape index (κ2) is 7.01. The molecular formula is C17H24N2O3. The molecule has 2 heterocycles. The Labute approximate surface area is 131 Å². The predicted octanol–water partition coefficient (Wildman–Crippen LogP) is 1.82. The topological polar surface area (TPSA) is 50.8 Å². The molecule has 120 valence electrons. The van der Waals surface area contributed by atoms with Crippen LogP contribution in [0.1, 0.15) is 26.2 Å². The molecule has 1 N–H and O–H groups in total. The summed E-state index contributed by atoms with van der Waals surface area (Å²) in [5.41, 5.74) is 0. The SMILES string of the molecule is C[C@H](C(=O)NC[C@H]1COc2ccccc2O1)N1CCCCC1. The summed E-state index contributed by atoms with van der Waals surface area (Å²) in [7, 11) is 0. The lowest BCUT2D eigenvalue weighted by molar-refractivity contribution is -0.126. The number of piperidine rings is 1. The molecule has 0 spiro atoms. The highest BCUT2D eigenvalue weighted by Gasteiger charge is 2.25. The Morgan fingerprint density at radius 1 is 1.27 bits per heavy atom. The number of rotatable bonds is 4. The minimum Gasteiger partial charge on any atom is -0.486 e. The maximum absolute atomic E-state index is 12.3. The number of hydrogen-bond donors (Lipinski definition) is 1. The summed E-state index contributed by atoms with van der Waals surface area (Å²) in [6, 6.07) is 7.55. The molecule has 1 aromatic rings. The van der Waals surface area contributed by atoms with Crippen LogP contribution >= 0.6 is 0 Å². The van der Waals surface area contributed by atoms with Crippen molar-refractivity contribution in [2.45, 2.75) is 38.3 Å². The van der Waals surface area contributed by atoms with Crippen LogP contribution in [0.2, 0.25) is 0 Å². The van der Waals surface area contributed by atoms with E-state index in [1.807, 2.05) is 31.2 Å². The van der Waals surface area contributed by atoms with Gasteiger partial charge >= 0.3 is 0 Å². The number of carbonyl (C=O) groups excluding carboxylic acids is 1. The number of fused-ring (bicyclic) bond motifs is 1. The Bertz CT molecular complexity index is 514. The second-order valence-corrected chi connectivity index (χ2v) is 6.02. The van der Waals surface area contributed by atoms with Crippen molar-refractivity contribution in [3.63, 3.8) is 0 Å². The van der Waals surface area contributed by atoms with Crippen molar-refractivity contribution < 1.29 is 14.3 Å². The van der Waals surface area contributed by atoms with Gasteiger partial charge in [0.25, 0.3) is 0 Å². The third-order valence-corrected chi connectivity index (χ3v) is 4.39. The fourth-order valence-corrected chi connectivity index (χ4v) is 3.00. The average molecular weight is 304 g/mol. The van der Waals surface area contributed by atoms with Crippen LogP contribution in [0.5, 0.6) is 11.5 Å². The molecule has 0 saturated carbocycles. The Morgan fingerprint density at radius 3 is 2.77 bits per heavy atom. The number of nitrogens with one attached hydrogen (secondary N) is 1. The molecule has 22 heavy (non-hydrogen) atoms. The number of amides is 1. The lowest BCUT2D eigenvalue weighted by Crippen LogP contribution is -2.50. The quantitative estimate of drug-likeness (QED) is 0.922. The summed E-state index contributed by atoms with van der Waals surface area (Å²) in [5.74, 6) is 1.59. The van der Waals surface area contributed by atoms with E-state index in [9.17, 15) is 4.79 Å². The van der Waals surface area contributed by atoms with Gasteiger partial charge < -0.3 is 14.8 Å². The first-order valence-corrected chi connectivity index (χ1v) is 8.14. The van der Waals surface area contributed by atoms with Gasteiger partial charge in [0.1, 0.15) is 12.7 Å². The third kappa shape index (κ3) is 3.53. The van der Waals surface area contributed by atoms with Gasteiger partial charge in [-0.05, 0) is 45.0 Å². The van der Waals surface area contributed by atoms with Crippen molar-refractivity contribution in [2.75, 3.05) is 26.2 Å². The maximum atomic E-state index is 12.3.